The number of aryl methyl sites for hydroxylation is 2. The van der Waals surface area contributed by atoms with Gasteiger partial charge in [-0.1, -0.05) is 0 Å². The Morgan fingerprint density at radius 3 is 2.94 bits per heavy atom. The van der Waals surface area contributed by atoms with E-state index in [1.807, 2.05) is 12.1 Å². The molecule has 0 atom stereocenters. The summed E-state index contributed by atoms with van der Waals surface area (Å²) in [7, 11) is 0. The summed E-state index contributed by atoms with van der Waals surface area (Å²) in [5, 5.41) is 2.85. The van der Waals surface area contributed by atoms with Crippen LogP contribution in [0.2, 0.25) is 0 Å². The van der Waals surface area contributed by atoms with Crippen LogP contribution in [0.15, 0.2) is 24.5 Å². The highest BCUT2D eigenvalue weighted by Gasteiger charge is 2.24. The smallest absolute Gasteiger partial charge is 0.256 e. The Labute approximate surface area is 109 Å². The monoisotopic (exact) mass is 256 g/mol. The number of nitrogens with one attached hydrogen (secondary N) is 1. The minimum Gasteiger partial charge on any atom is -0.321 e. The maximum absolute atomic E-state index is 11.9. The molecular weight excluding hydrogens is 244 g/mol. The quantitative estimate of drug-likeness (QED) is 0.796. The molecule has 90 valence electrons. The van der Waals surface area contributed by atoms with Gasteiger partial charge in [0.2, 0.25) is 0 Å². The Hall–Kier alpha value is -1.94. The van der Waals surface area contributed by atoms with Crippen molar-refractivity contribution in [3.63, 3.8) is 0 Å². The maximum atomic E-state index is 11.9. The standard InChI is InChI=1S/C14H12N2OS/c1-8-5-10(18-9(8)2)6-11-12-7-15-4-3-13(12)16-14(11)17/h3-7H,1-2H3,(H,16,17). The summed E-state index contributed by atoms with van der Waals surface area (Å²) in [6, 6.07) is 3.92. The Morgan fingerprint density at radius 2 is 2.22 bits per heavy atom. The first-order valence-corrected chi connectivity index (χ1v) is 6.51. The normalized spacial score (nSPS) is 15.9. The number of carbonyl (C=O) groups is 1. The predicted molar refractivity (Wildman–Crippen MR) is 74.5 cm³/mol. The molecule has 0 aromatic carbocycles. The van der Waals surface area contributed by atoms with Gasteiger partial charge in [-0.2, -0.15) is 0 Å². The van der Waals surface area contributed by atoms with Gasteiger partial charge in [-0.3, -0.25) is 9.78 Å². The zero-order valence-corrected chi connectivity index (χ0v) is 11.0. The number of hydrogen-bond donors (Lipinski definition) is 1. The Bertz CT molecular complexity index is 651. The van der Waals surface area contributed by atoms with Crippen LogP contribution in [0.5, 0.6) is 0 Å². The van der Waals surface area contributed by atoms with Crippen LogP contribution in [0.4, 0.5) is 5.69 Å². The summed E-state index contributed by atoms with van der Waals surface area (Å²) in [6.07, 6.45) is 5.35. The summed E-state index contributed by atoms with van der Waals surface area (Å²) < 4.78 is 0. The highest BCUT2D eigenvalue weighted by atomic mass is 32.1. The van der Waals surface area contributed by atoms with E-state index in [0.717, 1.165) is 16.1 Å². The molecule has 1 N–H and O–H groups in total. The topological polar surface area (TPSA) is 42.0 Å². The maximum Gasteiger partial charge on any atom is 0.256 e. The fourth-order valence-electron chi connectivity index (χ4n) is 1.99. The molecule has 3 rings (SSSR count). The lowest BCUT2D eigenvalue weighted by molar-refractivity contribution is -0.110. The molecule has 2 aromatic rings. The van der Waals surface area contributed by atoms with E-state index in [9.17, 15) is 4.79 Å². The van der Waals surface area contributed by atoms with Crippen molar-refractivity contribution in [2.75, 3.05) is 5.32 Å². The summed E-state index contributed by atoms with van der Waals surface area (Å²) in [4.78, 5) is 18.4. The second-order valence-electron chi connectivity index (χ2n) is 4.32. The molecule has 1 aliphatic heterocycles. The van der Waals surface area contributed by atoms with E-state index in [-0.39, 0.29) is 5.91 Å². The Morgan fingerprint density at radius 1 is 1.39 bits per heavy atom. The first-order valence-electron chi connectivity index (χ1n) is 5.69. The molecule has 1 amide bonds. The van der Waals surface area contributed by atoms with Gasteiger partial charge < -0.3 is 5.32 Å². The first kappa shape index (κ1) is 11.2. The largest absolute Gasteiger partial charge is 0.321 e. The van der Waals surface area contributed by atoms with Gasteiger partial charge in [0.1, 0.15) is 0 Å². The molecule has 0 spiro atoms. The second kappa shape index (κ2) is 4.07. The molecule has 1 aliphatic rings. The zero-order valence-electron chi connectivity index (χ0n) is 10.2. The molecule has 2 aromatic heterocycles. The van der Waals surface area contributed by atoms with Crippen LogP contribution in [0.25, 0.3) is 11.6 Å². The summed E-state index contributed by atoms with van der Waals surface area (Å²) in [5.41, 5.74) is 3.67. The van der Waals surface area contributed by atoms with E-state index in [4.69, 9.17) is 0 Å². The van der Waals surface area contributed by atoms with Crippen molar-refractivity contribution in [2.24, 2.45) is 0 Å². The van der Waals surface area contributed by atoms with E-state index in [0.29, 0.717) is 5.57 Å². The fraction of sp³-hybridized carbons (Fsp3) is 0.143. The van der Waals surface area contributed by atoms with Gasteiger partial charge in [0.25, 0.3) is 5.91 Å². The van der Waals surface area contributed by atoms with Crippen LogP contribution in [0.1, 0.15) is 20.9 Å². The van der Waals surface area contributed by atoms with Crippen molar-refractivity contribution >= 4 is 34.6 Å². The van der Waals surface area contributed by atoms with Crippen LogP contribution < -0.4 is 5.32 Å². The molecule has 4 heteroatoms. The number of amides is 1. The van der Waals surface area contributed by atoms with Gasteiger partial charge in [0, 0.05) is 27.7 Å². The van der Waals surface area contributed by atoms with Crippen molar-refractivity contribution in [2.45, 2.75) is 13.8 Å². The van der Waals surface area contributed by atoms with E-state index >= 15 is 0 Å². The van der Waals surface area contributed by atoms with Crippen LogP contribution in [-0.4, -0.2) is 10.9 Å². The van der Waals surface area contributed by atoms with Crippen LogP contribution in [-0.2, 0) is 4.79 Å². The SMILES string of the molecule is Cc1cc(C=C2C(=O)Nc3ccncc32)sc1C. The highest BCUT2D eigenvalue weighted by molar-refractivity contribution is 7.13. The number of fused-ring (bicyclic) bond motifs is 1. The molecule has 0 aliphatic carbocycles. The summed E-state index contributed by atoms with van der Waals surface area (Å²) >= 11 is 1.70. The average Bonchev–Trinajstić information content (AvgIpc) is 2.82. The molecule has 3 heterocycles. The predicted octanol–water partition coefficient (Wildman–Crippen LogP) is 3.25. The third kappa shape index (κ3) is 1.75. The summed E-state index contributed by atoms with van der Waals surface area (Å²) in [5.74, 6) is -0.0540. The molecule has 0 fully saturated rings. The number of hydrogen-bond acceptors (Lipinski definition) is 3. The molecule has 0 saturated carbocycles. The van der Waals surface area contributed by atoms with Crippen molar-refractivity contribution < 1.29 is 4.79 Å². The van der Waals surface area contributed by atoms with E-state index in [1.165, 1.54) is 10.4 Å². The van der Waals surface area contributed by atoms with Crippen molar-refractivity contribution in [1.29, 1.82) is 0 Å². The van der Waals surface area contributed by atoms with E-state index in [2.05, 4.69) is 30.2 Å². The van der Waals surface area contributed by atoms with E-state index in [1.54, 1.807) is 23.7 Å². The van der Waals surface area contributed by atoms with Gasteiger partial charge >= 0.3 is 0 Å². The number of nitrogens with zero attached hydrogens (tertiary/aromatic N) is 1. The van der Waals surface area contributed by atoms with Crippen LogP contribution in [0, 0.1) is 13.8 Å². The van der Waals surface area contributed by atoms with Gasteiger partial charge in [0.05, 0.1) is 11.3 Å². The second-order valence-corrected chi connectivity index (χ2v) is 5.61. The van der Waals surface area contributed by atoms with Crippen LogP contribution >= 0.6 is 11.3 Å². The number of rotatable bonds is 1. The lowest BCUT2D eigenvalue weighted by Gasteiger charge is -1.95. The number of pyridine rings is 1. The van der Waals surface area contributed by atoms with Gasteiger partial charge in [-0.05, 0) is 37.6 Å². The first-order chi connectivity index (χ1) is 8.65. The van der Waals surface area contributed by atoms with E-state index < -0.39 is 0 Å². The summed E-state index contributed by atoms with van der Waals surface area (Å²) in [6.45, 7) is 4.17. The third-order valence-corrected chi connectivity index (χ3v) is 4.18. The Balaban J connectivity index is 2.09. The van der Waals surface area contributed by atoms with Crippen molar-refractivity contribution in [3.8, 4) is 0 Å². The molecular formula is C14H12N2OS. The molecule has 0 unspecified atom stereocenters. The van der Waals surface area contributed by atoms with Gasteiger partial charge in [-0.15, -0.1) is 11.3 Å². The van der Waals surface area contributed by atoms with Crippen LogP contribution in [0.3, 0.4) is 0 Å². The number of anilines is 1. The van der Waals surface area contributed by atoms with Crippen molar-refractivity contribution in [3.05, 3.63) is 45.4 Å². The molecule has 3 nitrogen and oxygen atoms in total. The molecule has 18 heavy (non-hydrogen) atoms. The lowest BCUT2D eigenvalue weighted by atomic mass is 10.1. The van der Waals surface area contributed by atoms with Gasteiger partial charge in [0.15, 0.2) is 0 Å². The fourth-order valence-corrected chi connectivity index (χ4v) is 2.97. The third-order valence-electron chi connectivity index (χ3n) is 3.08. The zero-order chi connectivity index (χ0) is 12.7. The number of thiophene rings is 1. The molecule has 0 bridgehead atoms. The Kier molecular flexibility index (Phi) is 2.52. The average molecular weight is 256 g/mol. The lowest BCUT2D eigenvalue weighted by Crippen LogP contribution is -2.03. The highest BCUT2D eigenvalue weighted by Crippen LogP contribution is 2.33. The van der Waals surface area contributed by atoms with Gasteiger partial charge in [-0.25, -0.2) is 0 Å². The number of carbonyl (C=O) groups excluding carboxylic acids is 1. The minimum absolute atomic E-state index is 0.0540. The van der Waals surface area contributed by atoms with Crippen molar-refractivity contribution in [1.82, 2.24) is 4.98 Å². The molecule has 0 radical (unpaired) electrons. The minimum atomic E-state index is -0.0540. The number of aromatic nitrogens is 1. The molecule has 0 saturated heterocycles.